The summed E-state index contributed by atoms with van der Waals surface area (Å²) in [6.45, 7) is 5.60. The van der Waals surface area contributed by atoms with Gasteiger partial charge in [-0.25, -0.2) is 19.4 Å². The van der Waals surface area contributed by atoms with Gasteiger partial charge in [-0.1, -0.05) is 6.07 Å². The summed E-state index contributed by atoms with van der Waals surface area (Å²) in [5, 5.41) is 7.38. The average Bonchev–Trinajstić information content (AvgIpc) is 3.83. The Balaban J connectivity index is 1.17. The van der Waals surface area contributed by atoms with Gasteiger partial charge in [0.2, 0.25) is 5.88 Å². The minimum Gasteiger partial charge on any atom is -0.477 e. The highest BCUT2D eigenvalue weighted by Gasteiger charge is 2.63. The van der Waals surface area contributed by atoms with Crippen LogP contribution in [0.2, 0.25) is 0 Å². The maximum Gasteiger partial charge on any atom is 0.394 e. The van der Waals surface area contributed by atoms with Crippen molar-refractivity contribution < 1.29 is 31.1 Å². The van der Waals surface area contributed by atoms with Gasteiger partial charge in [-0.3, -0.25) is 4.79 Å². The third-order valence-corrected chi connectivity index (χ3v) is 11.3. The summed E-state index contributed by atoms with van der Waals surface area (Å²) in [4.78, 5) is 24.8. The first kappa shape index (κ1) is 30.8. The molecule has 2 saturated carbocycles. The van der Waals surface area contributed by atoms with Crippen molar-refractivity contribution in [3.63, 3.8) is 0 Å². The Labute approximate surface area is 265 Å². The van der Waals surface area contributed by atoms with Crippen molar-refractivity contribution in [2.45, 2.75) is 75.5 Å². The summed E-state index contributed by atoms with van der Waals surface area (Å²) in [5.41, 5.74) is -1.80. The number of ether oxygens (including phenoxy) is 1. The SMILES string of the molecule is CC1(C)CC23CC2CCNc2cccc(n2)S(=O)(=O)NC(=O)c2ccc(-n4ccc(OCCCC5(C(F)(F)F)CC5)n4)nc2N1C3. The molecule has 2 aliphatic carbocycles. The summed E-state index contributed by atoms with van der Waals surface area (Å²) < 4.78 is 75.5. The van der Waals surface area contributed by atoms with Crippen molar-refractivity contribution in [2.24, 2.45) is 16.7 Å². The van der Waals surface area contributed by atoms with Crippen LogP contribution in [0.25, 0.3) is 5.82 Å². The van der Waals surface area contributed by atoms with Crippen LogP contribution in [0.1, 0.15) is 69.2 Å². The molecule has 1 amide bonds. The largest absolute Gasteiger partial charge is 0.477 e. The number of pyridine rings is 2. The van der Waals surface area contributed by atoms with E-state index in [1.165, 1.54) is 16.8 Å². The van der Waals surface area contributed by atoms with E-state index in [9.17, 15) is 26.4 Å². The Morgan fingerprint density at radius 1 is 1.11 bits per heavy atom. The molecule has 1 saturated heterocycles. The van der Waals surface area contributed by atoms with Crippen LogP contribution < -0.4 is 19.7 Å². The number of hydrogen-bond acceptors (Lipinski definition) is 9. The van der Waals surface area contributed by atoms with E-state index in [2.05, 4.69) is 38.9 Å². The first-order chi connectivity index (χ1) is 21.7. The van der Waals surface area contributed by atoms with E-state index in [1.54, 1.807) is 30.5 Å². The summed E-state index contributed by atoms with van der Waals surface area (Å²) >= 11 is 0. The van der Waals surface area contributed by atoms with Gasteiger partial charge in [-0.2, -0.15) is 21.6 Å². The van der Waals surface area contributed by atoms with E-state index >= 15 is 0 Å². The fraction of sp³-hybridized carbons (Fsp3) is 0.548. The van der Waals surface area contributed by atoms with Crippen LogP contribution in [0, 0.1) is 16.7 Å². The third kappa shape index (κ3) is 5.56. The zero-order chi connectivity index (χ0) is 32.5. The molecule has 4 aliphatic rings. The van der Waals surface area contributed by atoms with Gasteiger partial charge in [0, 0.05) is 30.9 Å². The van der Waals surface area contributed by atoms with Crippen LogP contribution >= 0.6 is 0 Å². The summed E-state index contributed by atoms with van der Waals surface area (Å²) in [5.74, 6) is 1.01. The van der Waals surface area contributed by atoms with Crippen LogP contribution in [0.15, 0.2) is 47.6 Å². The average molecular weight is 660 g/mol. The molecule has 5 heterocycles. The fourth-order valence-corrected chi connectivity index (χ4v) is 8.23. The lowest BCUT2D eigenvalue weighted by Gasteiger charge is -2.33. The van der Waals surface area contributed by atoms with Crippen molar-refractivity contribution >= 4 is 27.6 Å². The van der Waals surface area contributed by atoms with Gasteiger partial charge in [0.25, 0.3) is 15.9 Å². The Morgan fingerprint density at radius 2 is 1.91 bits per heavy atom. The van der Waals surface area contributed by atoms with Crippen molar-refractivity contribution in [3.8, 4) is 11.7 Å². The topological polar surface area (TPSA) is 131 Å². The van der Waals surface area contributed by atoms with Gasteiger partial charge in [-0.05, 0) is 94.4 Å². The zero-order valence-electron chi connectivity index (χ0n) is 25.6. The maximum atomic E-state index is 13.7. The van der Waals surface area contributed by atoms with E-state index in [4.69, 9.17) is 9.72 Å². The molecule has 3 fully saturated rings. The van der Waals surface area contributed by atoms with Crippen LogP contribution in [-0.4, -0.2) is 65.5 Å². The van der Waals surface area contributed by atoms with Gasteiger partial charge in [0.05, 0.1) is 17.6 Å². The number of rotatable bonds is 6. The summed E-state index contributed by atoms with van der Waals surface area (Å²) in [6, 6.07) is 9.32. The first-order valence-electron chi connectivity index (χ1n) is 15.5. The lowest BCUT2D eigenvalue weighted by atomic mass is 9.92. The Kier molecular flexibility index (Phi) is 7.07. The second-order valence-corrected chi connectivity index (χ2v) is 15.3. The van der Waals surface area contributed by atoms with E-state index < -0.39 is 27.5 Å². The normalized spacial score (nSPS) is 25.6. The van der Waals surface area contributed by atoms with Gasteiger partial charge in [0.15, 0.2) is 10.8 Å². The molecule has 15 heteroatoms. The number of anilines is 2. The monoisotopic (exact) mass is 659 g/mol. The van der Waals surface area contributed by atoms with Crippen molar-refractivity contribution in [3.05, 3.63) is 48.2 Å². The highest BCUT2D eigenvalue weighted by Crippen LogP contribution is 2.64. The van der Waals surface area contributed by atoms with Gasteiger partial charge in [-0.15, -0.1) is 5.10 Å². The van der Waals surface area contributed by atoms with Crippen molar-refractivity contribution in [2.75, 3.05) is 29.9 Å². The number of halogens is 3. The molecule has 7 rings (SSSR count). The lowest BCUT2D eigenvalue weighted by Crippen LogP contribution is -2.41. The van der Waals surface area contributed by atoms with Gasteiger partial charge in [0.1, 0.15) is 11.6 Å². The van der Waals surface area contributed by atoms with E-state index in [-0.39, 0.29) is 59.7 Å². The molecule has 2 N–H and O–H groups in total. The Hall–Kier alpha value is -3.88. The van der Waals surface area contributed by atoms with E-state index in [0.29, 0.717) is 36.5 Å². The molecule has 2 unspecified atom stereocenters. The van der Waals surface area contributed by atoms with Crippen molar-refractivity contribution in [1.82, 2.24) is 24.5 Å². The fourth-order valence-electron chi connectivity index (χ4n) is 7.29. The van der Waals surface area contributed by atoms with Crippen LogP contribution in [-0.2, 0) is 10.0 Å². The highest BCUT2D eigenvalue weighted by atomic mass is 32.2. The second kappa shape index (κ2) is 10.6. The number of carbonyl (C=O) groups excluding carboxylic acids is 1. The van der Waals surface area contributed by atoms with E-state index in [1.807, 2.05) is 0 Å². The molecule has 3 aromatic rings. The number of nitrogens with zero attached hydrogens (tertiary/aromatic N) is 5. The molecular weight excluding hydrogens is 623 g/mol. The molecule has 46 heavy (non-hydrogen) atoms. The number of alkyl halides is 3. The third-order valence-electron chi connectivity index (χ3n) is 10.0. The maximum absolute atomic E-state index is 13.7. The van der Waals surface area contributed by atoms with Gasteiger partial charge >= 0.3 is 6.18 Å². The number of sulfonamides is 1. The quantitative estimate of drug-likeness (QED) is 0.348. The first-order valence-corrected chi connectivity index (χ1v) is 17.0. The predicted octanol–water partition coefficient (Wildman–Crippen LogP) is 5.09. The lowest BCUT2D eigenvalue weighted by molar-refractivity contribution is -0.189. The molecule has 2 aliphatic heterocycles. The summed E-state index contributed by atoms with van der Waals surface area (Å²) in [6.07, 6.45) is 0.860. The molecule has 3 aromatic heterocycles. The summed E-state index contributed by atoms with van der Waals surface area (Å²) in [7, 11) is -4.29. The number of fused-ring (bicyclic) bond motifs is 5. The van der Waals surface area contributed by atoms with Gasteiger partial charge < -0.3 is 15.0 Å². The van der Waals surface area contributed by atoms with E-state index in [0.717, 1.165) is 19.3 Å². The molecule has 246 valence electrons. The van der Waals surface area contributed by atoms with Crippen LogP contribution in [0.3, 0.4) is 0 Å². The molecule has 0 aromatic carbocycles. The van der Waals surface area contributed by atoms with Crippen molar-refractivity contribution in [1.29, 1.82) is 0 Å². The number of aromatic nitrogens is 4. The number of amides is 1. The minimum absolute atomic E-state index is 0.0212. The zero-order valence-corrected chi connectivity index (χ0v) is 26.4. The minimum atomic E-state index is -4.29. The molecule has 4 bridgehead atoms. The van der Waals surface area contributed by atoms with Crippen LogP contribution in [0.5, 0.6) is 5.88 Å². The second-order valence-electron chi connectivity index (χ2n) is 13.7. The smallest absolute Gasteiger partial charge is 0.394 e. The Morgan fingerprint density at radius 3 is 2.67 bits per heavy atom. The predicted molar refractivity (Wildman–Crippen MR) is 162 cm³/mol. The molecule has 0 radical (unpaired) electrons. The van der Waals surface area contributed by atoms with Crippen LogP contribution in [0.4, 0.5) is 24.8 Å². The number of nitrogens with one attached hydrogen (secondary N) is 2. The molecule has 11 nitrogen and oxygen atoms in total. The molecule has 1 spiro atoms. The standard InChI is InChI=1S/C31H36F3N7O4S/c1-28(2)18-29-17-20(29)9-14-35-22-5-3-6-25(36-22)46(43,44)39-27(42)21-7-8-23(37-26(21)40(28)19-29)41-15-10-24(38-41)45-16-4-11-30(12-13-30)31(32,33)34/h3,5-8,10,15,20H,4,9,11-14,16-19H2,1-2H3,(H,35,36)(H,39,42). The molecular formula is C31H36F3N7O4S. The molecule has 2 atom stereocenters. The highest BCUT2D eigenvalue weighted by molar-refractivity contribution is 7.90. The Bertz CT molecular complexity index is 1790. The number of hydrogen-bond donors (Lipinski definition) is 2. The number of carbonyl (C=O) groups is 1.